The van der Waals surface area contributed by atoms with Crippen LogP contribution in [-0.2, 0) is 6.54 Å². The Kier molecular flexibility index (Phi) is 3.42. The number of aryl methyl sites for hydroxylation is 1. The fraction of sp³-hybridized carbons (Fsp3) is 0.214. The first-order valence-corrected chi connectivity index (χ1v) is 6.61. The summed E-state index contributed by atoms with van der Waals surface area (Å²) in [4.78, 5) is 32.0. The Morgan fingerprint density at radius 3 is 2.86 bits per heavy atom. The molecule has 8 nitrogen and oxygen atoms in total. The lowest BCUT2D eigenvalue weighted by Crippen LogP contribution is -2.25. The first kappa shape index (κ1) is 13.9. The van der Waals surface area contributed by atoms with Crippen LogP contribution in [0, 0.1) is 6.92 Å². The van der Waals surface area contributed by atoms with Crippen LogP contribution in [0.2, 0.25) is 0 Å². The lowest BCUT2D eigenvalue weighted by atomic mass is 10.2. The number of benzene rings is 1. The van der Waals surface area contributed by atoms with Gasteiger partial charge in [0.1, 0.15) is 5.69 Å². The molecule has 3 aromatic rings. The zero-order valence-corrected chi connectivity index (χ0v) is 12.0. The Morgan fingerprint density at radius 1 is 1.32 bits per heavy atom. The highest BCUT2D eigenvalue weighted by molar-refractivity contribution is 5.89. The molecule has 1 amide bonds. The number of nitrogens with one attached hydrogen (secondary N) is 1. The van der Waals surface area contributed by atoms with Crippen LogP contribution in [0.1, 0.15) is 22.2 Å². The number of aromatic nitrogens is 4. The van der Waals surface area contributed by atoms with Crippen molar-refractivity contribution in [2.24, 2.45) is 0 Å². The Balaban J connectivity index is 2.07. The number of carbonyl (C=O) groups excluding carboxylic acids is 1. The van der Waals surface area contributed by atoms with E-state index in [1.807, 2.05) is 18.2 Å². The zero-order valence-electron chi connectivity index (χ0n) is 12.0. The predicted molar refractivity (Wildman–Crippen MR) is 77.5 cm³/mol. The van der Waals surface area contributed by atoms with E-state index in [9.17, 15) is 9.59 Å². The average molecular weight is 299 g/mol. The van der Waals surface area contributed by atoms with E-state index in [4.69, 9.17) is 4.52 Å². The SMILES string of the molecule is CNC(=O)c1nc(Cn2c(=O)c(C)nc3ccccc32)no1. The summed E-state index contributed by atoms with van der Waals surface area (Å²) in [5.74, 6) is -0.362. The summed E-state index contributed by atoms with van der Waals surface area (Å²) < 4.78 is 6.38. The number of para-hydroxylation sites is 2. The minimum atomic E-state index is -0.470. The summed E-state index contributed by atoms with van der Waals surface area (Å²) in [6, 6.07) is 7.29. The van der Waals surface area contributed by atoms with Gasteiger partial charge >= 0.3 is 11.8 Å². The Morgan fingerprint density at radius 2 is 2.09 bits per heavy atom. The van der Waals surface area contributed by atoms with Crippen LogP contribution in [0.25, 0.3) is 11.0 Å². The molecule has 0 atom stereocenters. The summed E-state index contributed by atoms with van der Waals surface area (Å²) in [5.41, 5.74) is 1.53. The summed E-state index contributed by atoms with van der Waals surface area (Å²) in [6.07, 6.45) is 0. The molecule has 0 bridgehead atoms. The summed E-state index contributed by atoms with van der Waals surface area (Å²) in [6.45, 7) is 1.75. The molecule has 2 aromatic heterocycles. The molecule has 1 aromatic carbocycles. The Hall–Kier alpha value is -3.03. The van der Waals surface area contributed by atoms with Gasteiger partial charge < -0.3 is 9.84 Å². The van der Waals surface area contributed by atoms with Gasteiger partial charge in [0.15, 0.2) is 5.82 Å². The standard InChI is InChI=1S/C14H13N5O3/c1-8-14(21)19(10-6-4-3-5-9(10)16-8)7-11-17-13(22-18-11)12(20)15-2/h3-6H,7H2,1-2H3,(H,15,20). The van der Waals surface area contributed by atoms with Crippen molar-refractivity contribution in [1.29, 1.82) is 0 Å². The monoisotopic (exact) mass is 299 g/mol. The molecule has 0 aliphatic heterocycles. The van der Waals surface area contributed by atoms with Crippen molar-refractivity contribution < 1.29 is 9.32 Å². The van der Waals surface area contributed by atoms with E-state index in [-0.39, 0.29) is 23.8 Å². The number of hydrogen-bond acceptors (Lipinski definition) is 6. The van der Waals surface area contributed by atoms with E-state index in [2.05, 4.69) is 20.4 Å². The van der Waals surface area contributed by atoms with Gasteiger partial charge in [0.2, 0.25) is 0 Å². The maximum absolute atomic E-state index is 12.3. The molecule has 22 heavy (non-hydrogen) atoms. The second-order valence-corrected chi connectivity index (χ2v) is 4.67. The molecular formula is C14H13N5O3. The van der Waals surface area contributed by atoms with Gasteiger partial charge in [0, 0.05) is 7.05 Å². The van der Waals surface area contributed by atoms with Crippen molar-refractivity contribution >= 4 is 16.9 Å². The van der Waals surface area contributed by atoms with E-state index >= 15 is 0 Å². The fourth-order valence-corrected chi connectivity index (χ4v) is 2.14. The molecule has 2 heterocycles. The van der Waals surface area contributed by atoms with Gasteiger partial charge in [-0.3, -0.25) is 14.2 Å². The third-order valence-corrected chi connectivity index (χ3v) is 3.20. The predicted octanol–water partition coefficient (Wildman–Crippen LogP) is 0.496. The number of carbonyl (C=O) groups is 1. The molecule has 0 aliphatic carbocycles. The van der Waals surface area contributed by atoms with E-state index in [1.165, 1.54) is 11.6 Å². The third kappa shape index (κ3) is 2.34. The molecule has 0 saturated heterocycles. The Bertz CT molecular complexity index is 912. The highest BCUT2D eigenvalue weighted by Gasteiger charge is 2.15. The molecule has 0 unspecified atom stereocenters. The van der Waals surface area contributed by atoms with Crippen LogP contribution in [0.3, 0.4) is 0 Å². The maximum Gasteiger partial charge on any atom is 0.315 e. The number of hydrogen-bond donors (Lipinski definition) is 1. The van der Waals surface area contributed by atoms with Crippen LogP contribution in [0.5, 0.6) is 0 Å². The molecule has 8 heteroatoms. The van der Waals surface area contributed by atoms with Crippen LogP contribution in [-0.4, -0.2) is 32.6 Å². The van der Waals surface area contributed by atoms with Crippen molar-refractivity contribution in [3.05, 3.63) is 52.0 Å². The minimum Gasteiger partial charge on any atom is -0.351 e. The highest BCUT2D eigenvalue weighted by Crippen LogP contribution is 2.11. The van der Waals surface area contributed by atoms with Crippen LogP contribution >= 0.6 is 0 Å². The number of rotatable bonds is 3. The van der Waals surface area contributed by atoms with Crippen molar-refractivity contribution in [2.75, 3.05) is 7.05 Å². The number of amides is 1. The van der Waals surface area contributed by atoms with Gasteiger partial charge in [0.25, 0.3) is 5.56 Å². The fourth-order valence-electron chi connectivity index (χ4n) is 2.14. The first-order valence-electron chi connectivity index (χ1n) is 6.61. The molecule has 0 fully saturated rings. The van der Waals surface area contributed by atoms with E-state index in [0.29, 0.717) is 16.7 Å². The van der Waals surface area contributed by atoms with Gasteiger partial charge in [-0.1, -0.05) is 17.3 Å². The topological polar surface area (TPSA) is 103 Å². The zero-order chi connectivity index (χ0) is 15.7. The van der Waals surface area contributed by atoms with E-state index in [0.717, 1.165) is 0 Å². The van der Waals surface area contributed by atoms with Gasteiger partial charge in [-0.05, 0) is 19.1 Å². The van der Waals surface area contributed by atoms with Gasteiger partial charge in [-0.15, -0.1) is 0 Å². The number of fused-ring (bicyclic) bond motifs is 1. The minimum absolute atomic E-state index is 0.100. The van der Waals surface area contributed by atoms with Crippen LogP contribution in [0.15, 0.2) is 33.6 Å². The van der Waals surface area contributed by atoms with E-state index in [1.54, 1.807) is 13.0 Å². The molecule has 0 saturated carbocycles. The lowest BCUT2D eigenvalue weighted by molar-refractivity contribution is 0.0919. The van der Waals surface area contributed by atoms with Gasteiger partial charge in [-0.25, -0.2) is 4.98 Å². The van der Waals surface area contributed by atoms with Crippen molar-refractivity contribution in [3.63, 3.8) is 0 Å². The normalized spacial score (nSPS) is 10.8. The molecule has 0 aliphatic rings. The van der Waals surface area contributed by atoms with Crippen molar-refractivity contribution in [3.8, 4) is 0 Å². The smallest absolute Gasteiger partial charge is 0.315 e. The van der Waals surface area contributed by atoms with Gasteiger partial charge in [-0.2, -0.15) is 4.98 Å². The van der Waals surface area contributed by atoms with E-state index < -0.39 is 5.91 Å². The first-order chi connectivity index (χ1) is 10.6. The third-order valence-electron chi connectivity index (χ3n) is 3.20. The van der Waals surface area contributed by atoms with Gasteiger partial charge in [0.05, 0.1) is 17.6 Å². The second kappa shape index (κ2) is 5.40. The summed E-state index contributed by atoms with van der Waals surface area (Å²) >= 11 is 0. The summed E-state index contributed by atoms with van der Waals surface area (Å²) in [5, 5.41) is 6.13. The molecule has 0 spiro atoms. The van der Waals surface area contributed by atoms with Crippen LogP contribution < -0.4 is 10.9 Å². The quantitative estimate of drug-likeness (QED) is 0.755. The van der Waals surface area contributed by atoms with Crippen LogP contribution in [0.4, 0.5) is 0 Å². The molecular weight excluding hydrogens is 286 g/mol. The molecule has 112 valence electrons. The summed E-state index contributed by atoms with van der Waals surface area (Å²) in [7, 11) is 1.47. The lowest BCUT2D eigenvalue weighted by Gasteiger charge is -2.08. The van der Waals surface area contributed by atoms with Crippen molar-refractivity contribution in [1.82, 2.24) is 25.0 Å². The number of nitrogens with zero attached hydrogens (tertiary/aromatic N) is 4. The maximum atomic E-state index is 12.3. The molecule has 1 N–H and O–H groups in total. The molecule has 0 radical (unpaired) electrons. The largest absolute Gasteiger partial charge is 0.351 e. The molecule has 3 rings (SSSR count). The highest BCUT2D eigenvalue weighted by atomic mass is 16.5. The second-order valence-electron chi connectivity index (χ2n) is 4.67. The average Bonchev–Trinajstić information content (AvgIpc) is 2.99. The van der Waals surface area contributed by atoms with Crippen molar-refractivity contribution in [2.45, 2.75) is 13.5 Å². The Labute approximate surface area is 124 Å².